The molecule has 0 spiro atoms. The first-order valence-electron chi connectivity index (χ1n) is 14.1. The molecule has 0 saturated heterocycles. The minimum absolute atomic E-state index is 0.0381. The molecule has 2 amide bonds. The molecular weight excluding hydrogens is 524 g/mol. The molecule has 0 fully saturated rings. The van der Waals surface area contributed by atoms with E-state index in [2.05, 4.69) is 34.4 Å². The number of carbonyl (C=O) groups excluding carboxylic acids is 3. The number of aldehydes is 1. The van der Waals surface area contributed by atoms with Gasteiger partial charge in [-0.2, -0.15) is 0 Å². The number of nitrogens with zero attached hydrogens (tertiary/aromatic N) is 2. The normalized spacial score (nSPS) is 12.7. The molecule has 1 aromatic carbocycles. The number of hydrogen-bond acceptors (Lipinski definition) is 7. The van der Waals surface area contributed by atoms with Gasteiger partial charge in [0, 0.05) is 43.0 Å². The van der Waals surface area contributed by atoms with E-state index in [9.17, 15) is 14.4 Å². The van der Waals surface area contributed by atoms with Gasteiger partial charge in [-0.3, -0.25) is 19.4 Å². The number of rotatable bonds is 18. The van der Waals surface area contributed by atoms with Gasteiger partial charge in [-0.25, -0.2) is 0 Å². The van der Waals surface area contributed by atoms with Gasteiger partial charge in [-0.15, -0.1) is 0 Å². The summed E-state index contributed by atoms with van der Waals surface area (Å²) in [6, 6.07) is 5.62. The fourth-order valence-electron chi connectivity index (χ4n) is 4.16. The van der Waals surface area contributed by atoms with Gasteiger partial charge >= 0.3 is 0 Å². The monoisotopic (exact) mass is 574 g/mol. The smallest absolute Gasteiger partial charge is 0.255 e. The number of aliphatic imine (C=N–C) groups is 1. The Balaban J connectivity index is 2.78. The molecule has 11 heteroatoms. The molecule has 0 radical (unpaired) electrons. The molecule has 0 aromatic heterocycles. The molecule has 1 rings (SSSR count). The molecule has 1 atom stereocenters. The summed E-state index contributed by atoms with van der Waals surface area (Å²) in [4.78, 5) is 43.6. The molecule has 0 aliphatic carbocycles. The molecule has 0 saturated carbocycles. The van der Waals surface area contributed by atoms with Crippen LogP contribution in [0.2, 0.25) is 0 Å². The molecule has 0 bridgehead atoms. The molecule has 1 unspecified atom stereocenters. The summed E-state index contributed by atoms with van der Waals surface area (Å²) in [5, 5.41) is 5.83. The predicted molar refractivity (Wildman–Crippen MR) is 165 cm³/mol. The second kappa shape index (κ2) is 16.6. The Morgan fingerprint density at radius 2 is 1.80 bits per heavy atom. The highest BCUT2D eigenvalue weighted by Gasteiger charge is 2.29. The highest BCUT2D eigenvalue weighted by Crippen LogP contribution is 2.27. The largest absolute Gasteiger partial charge is 0.496 e. The van der Waals surface area contributed by atoms with Crippen molar-refractivity contribution in [2.45, 2.75) is 84.9 Å². The number of nitrogens with two attached hydrogens (primary N) is 2. The lowest BCUT2D eigenvalue weighted by Crippen LogP contribution is -2.50. The maximum atomic E-state index is 13.0. The van der Waals surface area contributed by atoms with E-state index >= 15 is 0 Å². The van der Waals surface area contributed by atoms with Crippen molar-refractivity contribution in [1.82, 2.24) is 10.6 Å². The average molecular weight is 575 g/mol. The first-order chi connectivity index (χ1) is 19.2. The third kappa shape index (κ3) is 13.1. The van der Waals surface area contributed by atoms with Crippen LogP contribution in [0.5, 0.6) is 5.75 Å². The number of carbonyl (C=O) groups is 3. The van der Waals surface area contributed by atoms with Gasteiger partial charge in [0.15, 0.2) is 12.2 Å². The quantitative estimate of drug-likeness (QED) is 0.0396. The zero-order valence-corrected chi connectivity index (χ0v) is 26.0. The molecular formula is C30H50N6O5. The van der Waals surface area contributed by atoms with E-state index < -0.39 is 17.0 Å². The van der Waals surface area contributed by atoms with Crippen molar-refractivity contribution in [3.8, 4) is 5.75 Å². The number of hydrogen-bond donors (Lipinski definition) is 4. The Bertz CT molecular complexity index is 1080. The number of benzene rings is 1. The van der Waals surface area contributed by atoms with Crippen molar-refractivity contribution in [3.63, 3.8) is 0 Å². The standard InChI is InChI=1S/C30H50N6O5/c1-9-36(10-2)24-14-13-22(25(17-24)40-8)16-23(19-37)27(39)35-29(4,5)20-41-30(6,7)18-26(38)34-21(3)12-11-15-33-28(31)32/h13-14,16-17,19,21H,9-12,15,18,20H2,1-8H3,(H,34,38)(H,35,39)(H4,31,32,33)/b23-16+. The van der Waals surface area contributed by atoms with Gasteiger partial charge in [0.1, 0.15) is 5.75 Å². The number of methoxy groups -OCH3 is 1. The minimum Gasteiger partial charge on any atom is -0.496 e. The van der Waals surface area contributed by atoms with Gasteiger partial charge < -0.3 is 36.5 Å². The molecule has 0 heterocycles. The van der Waals surface area contributed by atoms with Crippen molar-refractivity contribution in [2.24, 2.45) is 16.5 Å². The number of amides is 2. The molecule has 230 valence electrons. The Morgan fingerprint density at radius 1 is 1.15 bits per heavy atom. The Labute approximate surface area is 245 Å². The first kappa shape index (κ1) is 35.4. The third-order valence-corrected chi connectivity index (χ3v) is 6.40. The van der Waals surface area contributed by atoms with E-state index in [4.69, 9.17) is 20.9 Å². The highest BCUT2D eigenvalue weighted by molar-refractivity contribution is 6.14. The van der Waals surface area contributed by atoms with Crippen molar-refractivity contribution in [3.05, 3.63) is 29.3 Å². The summed E-state index contributed by atoms with van der Waals surface area (Å²) in [5.41, 5.74) is 10.6. The molecule has 0 aliphatic heterocycles. The summed E-state index contributed by atoms with van der Waals surface area (Å²) in [6.07, 6.45) is 3.66. The second-order valence-corrected chi connectivity index (χ2v) is 11.3. The fraction of sp³-hybridized carbons (Fsp3) is 0.600. The van der Waals surface area contributed by atoms with Gasteiger partial charge in [-0.05, 0) is 79.5 Å². The predicted octanol–water partition coefficient (Wildman–Crippen LogP) is 2.76. The lowest BCUT2D eigenvalue weighted by atomic mass is 10.0. The SMILES string of the molecule is CCN(CC)c1ccc(/C=C(\C=O)C(=O)NC(C)(C)COC(C)(C)CC(=O)NC(C)CCCN=C(N)N)c(OC)c1. The average Bonchev–Trinajstić information content (AvgIpc) is 2.89. The lowest BCUT2D eigenvalue weighted by Gasteiger charge is -2.32. The van der Waals surface area contributed by atoms with E-state index in [-0.39, 0.29) is 36.5 Å². The van der Waals surface area contributed by atoms with E-state index in [0.717, 1.165) is 31.6 Å². The summed E-state index contributed by atoms with van der Waals surface area (Å²) < 4.78 is 11.6. The van der Waals surface area contributed by atoms with E-state index in [1.165, 1.54) is 6.08 Å². The van der Waals surface area contributed by atoms with Gasteiger partial charge in [0.2, 0.25) is 5.91 Å². The van der Waals surface area contributed by atoms with Crippen LogP contribution >= 0.6 is 0 Å². The van der Waals surface area contributed by atoms with Crippen LogP contribution in [-0.2, 0) is 19.1 Å². The van der Waals surface area contributed by atoms with Crippen molar-refractivity contribution < 1.29 is 23.9 Å². The molecule has 0 aliphatic rings. The molecule has 6 N–H and O–H groups in total. The topological polar surface area (TPSA) is 161 Å². The van der Waals surface area contributed by atoms with Crippen LogP contribution in [0.15, 0.2) is 28.8 Å². The van der Waals surface area contributed by atoms with Crippen LogP contribution < -0.4 is 31.7 Å². The van der Waals surface area contributed by atoms with Crippen molar-refractivity contribution in [1.29, 1.82) is 0 Å². The highest BCUT2D eigenvalue weighted by atomic mass is 16.5. The van der Waals surface area contributed by atoms with Gasteiger partial charge in [0.25, 0.3) is 5.91 Å². The molecule has 11 nitrogen and oxygen atoms in total. The number of guanidine groups is 1. The van der Waals surface area contributed by atoms with Crippen LogP contribution in [0.4, 0.5) is 5.69 Å². The molecule has 1 aromatic rings. The Morgan fingerprint density at radius 3 is 2.37 bits per heavy atom. The number of nitrogens with one attached hydrogen (secondary N) is 2. The molecule has 41 heavy (non-hydrogen) atoms. The zero-order valence-electron chi connectivity index (χ0n) is 26.0. The van der Waals surface area contributed by atoms with Crippen LogP contribution in [0.3, 0.4) is 0 Å². The maximum absolute atomic E-state index is 13.0. The van der Waals surface area contributed by atoms with Crippen LogP contribution in [0.1, 0.15) is 73.3 Å². The van der Waals surface area contributed by atoms with Gasteiger partial charge in [0.05, 0.1) is 36.9 Å². The van der Waals surface area contributed by atoms with Crippen LogP contribution in [0, 0.1) is 0 Å². The van der Waals surface area contributed by atoms with Gasteiger partial charge in [-0.1, -0.05) is 0 Å². The maximum Gasteiger partial charge on any atom is 0.255 e. The fourth-order valence-corrected chi connectivity index (χ4v) is 4.16. The Hall–Kier alpha value is -3.60. The van der Waals surface area contributed by atoms with E-state index in [1.807, 2.05) is 39.0 Å². The Kier molecular flexibility index (Phi) is 14.4. The first-order valence-corrected chi connectivity index (χ1v) is 14.1. The second-order valence-electron chi connectivity index (χ2n) is 11.3. The zero-order chi connectivity index (χ0) is 31.2. The van der Waals surface area contributed by atoms with Crippen LogP contribution in [0.25, 0.3) is 6.08 Å². The number of ether oxygens (including phenoxy) is 2. The summed E-state index contributed by atoms with van der Waals surface area (Å²) >= 11 is 0. The summed E-state index contributed by atoms with van der Waals surface area (Å²) in [7, 11) is 1.55. The minimum atomic E-state index is -0.817. The number of anilines is 1. The van der Waals surface area contributed by atoms with Crippen LogP contribution in [-0.4, -0.2) is 74.6 Å². The summed E-state index contributed by atoms with van der Waals surface area (Å²) in [6.45, 7) is 15.6. The van der Waals surface area contributed by atoms with E-state index in [1.54, 1.807) is 21.0 Å². The third-order valence-electron chi connectivity index (χ3n) is 6.40. The van der Waals surface area contributed by atoms with Crippen molar-refractivity contribution >= 4 is 35.8 Å². The van der Waals surface area contributed by atoms with E-state index in [0.29, 0.717) is 24.1 Å². The summed E-state index contributed by atoms with van der Waals surface area (Å²) in [5.74, 6) is -0.0572. The lowest BCUT2D eigenvalue weighted by molar-refractivity contribution is -0.131. The van der Waals surface area contributed by atoms with Crippen molar-refractivity contribution in [2.75, 3.05) is 38.3 Å².